The van der Waals surface area contributed by atoms with E-state index in [2.05, 4.69) is 111 Å². The molecule has 5 heteroatoms. The van der Waals surface area contributed by atoms with Crippen LogP contribution in [0.5, 0.6) is 0 Å². The van der Waals surface area contributed by atoms with Crippen LogP contribution in [0.3, 0.4) is 0 Å². The molecule has 0 saturated heterocycles. The van der Waals surface area contributed by atoms with Crippen molar-refractivity contribution in [2.45, 2.75) is 0 Å². The Morgan fingerprint density at radius 3 is 1.71 bits per heavy atom. The monoisotopic (exact) mass is 535 g/mol. The Hall–Kier alpha value is -6.17. The van der Waals surface area contributed by atoms with Crippen molar-refractivity contribution in [3.63, 3.8) is 0 Å². The maximum absolute atomic E-state index is 10.0. The van der Waals surface area contributed by atoms with Gasteiger partial charge >= 0.3 is 0 Å². The average molecular weight is 536 g/mol. The van der Waals surface area contributed by atoms with Crippen molar-refractivity contribution < 1.29 is 0 Å². The Morgan fingerprint density at radius 1 is 0.476 bits per heavy atom. The van der Waals surface area contributed by atoms with E-state index in [4.69, 9.17) is 0 Å². The molecule has 0 saturated carbocycles. The summed E-state index contributed by atoms with van der Waals surface area (Å²) in [5, 5.41) is 23.9. The summed E-state index contributed by atoms with van der Waals surface area (Å²) < 4.78 is 4.43. The highest BCUT2D eigenvalue weighted by Crippen LogP contribution is 2.36. The molecule has 0 aliphatic rings. The van der Waals surface area contributed by atoms with Crippen LogP contribution in [0, 0.1) is 22.7 Å². The molecule has 0 N–H and O–H groups in total. The van der Waals surface area contributed by atoms with Gasteiger partial charge in [-0.2, -0.15) is 10.5 Å². The second-order valence-electron chi connectivity index (χ2n) is 10.4. The molecule has 3 aromatic heterocycles. The van der Waals surface area contributed by atoms with Gasteiger partial charge in [0.2, 0.25) is 0 Å². The van der Waals surface area contributed by atoms with Crippen LogP contribution >= 0.6 is 0 Å². The third kappa shape index (κ3) is 3.52. The number of benzene rings is 5. The molecule has 8 rings (SSSR count). The van der Waals surface area contributed by atoms with Crippen LogP contribution in [0.4, 0.5) is 0 Å². The van der Waals surface area contributed by atoms with E-state index in [1.54, 1.807) is 6.20 Å². The minimum Gasteiger partial charge on any atom is -0.309 e. The fourth-order valence-corrected chi connectivity index (χ4v) is 6.20. The van der Waals surface area contributed by atoms with E-state index in [1.807, 2.05) is 36.4 Å². The molecular weight excluding hydrogens is 514 g/mol. The van der Waals surface area contributed by atoms with Gasteiger partial charge < -0.3 is 9.13 Å². The molecule has 0 spiro atoms. The first kappa shape index (κ1) is 23.7. The molecule has 0 atom stereocenters. The molecular formula is C37H21N5. The van der Waals surface area contributed by atoms with Crippen LogP contribution in [0.2, 0.25) is 0 Å². The van der Waals surface area contributed by atoms with Crippen LogP contribution in [0.1, 0.15) is 11.3 Å². The van der Waals surface area contributed by atoms with Gasteiger partial charge in [-0.15, -0.1) is 0 Å². The maximum atomic E-state index is 10.0. The highest BCUT2D eigenvalue weighted by molar-refractivity contribution is 6.10. The predicted molar refractivity (Wildman–Crippen MR) is 168 cm³/mol. The number of aromatic nitrogens is 3. The number of nitrogens with zero attached hydrogens (tertiary/aromatic N) is 5. The molecule has 0 bridgehead atoms. The normalized spacial score (nSPS) is 11.3. The van der Waals surface area contributed by atoms with Crippen molar-refractivity contribution >= 4 is 43.6 Å². The first-order chi connectivity index (χ1) is 20.7. The largest absolute Gasteiger partial charge is 0.309 e. The second kappa shape index (κ2) is 9.20. The Bertz CT molecular complexity index is 2390. The lowest BCUT2D eigenvalue weighted by molar-refractivity contribution is 1.16. The Balaban J connectivity index is 1.35. The molecule has 0 radical (unpaired) electrons. The van der Waals surface area contributed by atoms with Crippen LogP contribution in [-0.4, -0.2) is 14.1 Å². The van der Waals surface area contributed by atoms with E-state index in [9.17, 15) is 10.5 Å². The first-order valence-electron chi connectivity index (χ1n) is 13.7. The van der Waals surface area contributed by atoms with Gasteiger partial charge in [0.15, 0.2) is 0 Å². The quantitative estimate of drug-likeness (QED) is 0.227. The van der Waals surface area contributed by atoms with Gasteiger partial charge in [0, 0.05) is 32.9 Å². The molecule has 194 valence electrons. The van der Waals surface area contributed by atoms with Crippen LogP contribution in [0.25, 0.3) is 66.1 Å². The smallest absolute Gasteiger partial charge is 0.141 e. The number of pyridine rings is 1. The molecule has 0 aliphatic carbocycles. The van der Waals surface area contributed by atoms with Crippen LogP contribution < -0.4 is 0 Å². The highest BCUT2D eigenvalue weighted by Gasteiger charge is 2.16. The van der Waals surface area contributed by atoms with Gasteiger partial charge in [-0.05, 0) is 65.7 Å². The van der Waals surface area contributed by atoms with Gasteiger partial charge in [0.05, 0.1) is 39.9 Å². The van der Waals surface area contributed by atoms with Crippen LogP contribution in [-0.2, 0) is 0 Å². The van der Waals surface area contributed by atoms with Gasteiger partial charge in [-0.25, -0.2) is 4.98 Å². The number of fused-ring (bicyclic) bond motifs is 6. The summed E-state index contributed by atoms with van der Waals surface area (Å²) in [4.78, 5) is 4.38. The molecule has 42 heavy (non-hydrogen) atoms. The summed E-state index contributed by atoms with van der Waals surface area (Å²) >= 11 is 0. The fourth-order valence-electron chi connectivity index (χ4n) is 6.20. The first-order valence-corrected chi connectivity index (χ1v) is 13.7. The van der Waals surface area contributed by atoms with E-state index in [0.29, 0.717) is 11.3 Å². The molecule has 0 amide bonds. The van der Waals surface area contributed by atoms with Crippen molar-refractivity contribution in [2.75, 3.05) is 0 Å². The lowest BCUT2D eigenvalue weighted by Crippen LogP contribution is -1.97. The third-order valence-electron chi connectivity index (χ3n) is 8.00. The maximum Gasteiger partial charge on any atom is 0.141 e. The fraction of sp³-hybridized carbons (Fsp3) is 0. The molecule has 5 aromatic carbocycles. The Morgan fingerprint density at radius 2 is 1.07 bits per heavy atom. The average Bonchev–Trinajstić information content (AvgIpc) is 3.57. The number of hydrogen-bond donors (Lipinski definition) is 0. The molecule has 0 fully saturated rings. The lowest BCUT2D eigenvalue weighted by atomic mass is 10.0. The van der Waals surface area contributed by atoms with Gasteiger partial charge in [0.1, 0.15) is 11.8 Å². The zero-order valence-corrected chi connectivity index (χ0v) is 22.4. The summed E-state index contributed by atoms with van der Waals surface area (Å²) in [5.41, 5.74) is 9.04. The predicted octanol–water partition coefficient (Wildman–Crippen LogP) is 8.69. The molecule has 3 heterocycles. The Kier molecular flexibility index (Phi) is 5.19. The summed E-state index contributed by atoms with van der Waals surface area (Å²) in [6, 6.07) is 45.8. The van der Waals surface area contributed by atoms with Gasteiger partial charge in [-0.3, -0.25) is 0 Å². The second-order valence-corrected chi connectivity index (χ2v) is 10.4. The summed E-state index contributed by atoms with van der Waals surface area (Å²) in [6.07, 6.45) is 1.78. The van der Waals surface area contributed by atoms with E-state index in [1.165, 1.54) is 10.8 Å². The number of hydrogen-bond acceptors (Lipinski definition) is 3. The minimum absolute atomic E-state index is 0.394. The van der Waals surface area contributed by atoms with Crippen molar-refractivity contribution in [2.24, 2.45) is 0 Å². The van der Waals surface area contributed by atoms with E-state index in [-0.39, 0.29) is 0 Å². The van der Waals surface area contributed by atoms with E-state index < -0.39 is 0 Å². The van der Waals surface area contributed by atoms with Gasteiger partial charge in [0.25, 0.3) is 0 Å². The summed E-state index contributed by atoms with van der Waals surface area (Å²) in [6.45, 7) is 0. The zero-order chi connectivity index (χ0) is 28.2. The minimum atomic E-state index is 0.394. The van der Waals surface area contributed by atoms with E-state index in [0.717, 1.165) is 55.3 Å². The number of nitriles is 2. The molecule has 5 nitrogen and oxygen atoms in total. The molecule has 0 aliphatic heterocycles. The standard InChI is InChI=1S/C37H21N5/c38-21-24-16-26(19-29(17-24)42-34-13-4-1-10-30(34)31-11-2-5-14-35(31)42)25-8-7-9-28(18-25)41-36-15-6-3-12-32(36)33-20-27(22-39)40-23-37(33)41/h1-20,23H. The zero-order valence-electron chi connectivity index (χ0n) is 22.4. The molecule has 8 aromatic rings. The highest BCUT2D eigenvalue weighted by atomic mass is 15.0. The van der Waals surface area contributed by atoms with Crippen molar-refractivity contribution in [3.8, 4) is 34.6 Å². The van der Waals surface area contributed by atoms with Crippen molar-refractivity contribution in [3.05, 3.63) is 139 Å². The Labute approximate surface area is 241 Å². The lowest BCUT2D eigenvalue weighted by Gasteiger charge is -2.13. The summed E-state index contributed by atoms with van der Waals surface area (Å²) in [7, 11) is 0. The van der Waals surface area contributed by atoms with Crippen LogP contribution in [0.15, 0.2) is 128 Å². The summed E-state index contributed by atoms with van der Waals surface area (Å²) in [5.74, 6) is 0. The van der Waals surface area contributed by atoms with Crippen molar-refractivity contribution in [1.82, 2.24) is 14.1 Å². The number of rotatable bonds is 3. The molecule has 0 unspecified atom stereocenters. The van der Waals surface area contributed by atoms with Gasteiger partial charge in [-0.1, -0.05) is 66.7 Å². The third-order valence-corrected chi connectivity index (χ3v) is 8.00. The van der Waals surface area contributed by atoms with E-state index >= 15 is 0 Å². The van der Waals surface area contributed by atoms with Crippen molar-refractivity contribution in [1.29, 1.82) is 10.5 Å². The number of para-hydroxylation sites is 3. The topological polar surface area (TPSA) is 70.3 Å². The SMILES string of the molecule is N#Cc1cc(-c2cccc(-n3c4ccccc4c4cc(C#N)ncc43)c2)cc(-n2c3ccccc3c3ccccc32)c1.